The Bertz CT molecular complexity index is 581. The molecule has 1 nitrogen and oxygen atoms in total. The molecular weight excluding hydrogens is 388 g/mol. The fourth-order valence-corrected chi connectivity index (χ4v) is 2.14. The molecule has 19 heavy (non-hydrogen) atoms. The Morgan fingerprint density at radius 2 is 1.63 bits per heavy atom. The van der Waals surface area contributed by atoms with Gasteiger partial charge in [-0.25, -0.2) is 0 Å². The highest BCUT2D eigenvalue weighted by molar-refractivity contribution is 14.1. The molecule has 0 heterocycles. The summed E-state index contributed by atoms with van der Waals surface area (Å²) < 4.78 is 44.6. The maximum absolute atomic E-state index is 12.7. The van der Waals surface area contributed by atoms with E-state index in [1.807, 2.05) is 12.1 Å². The first-order valence-electron chi connectivity index (χ1n) is 5.20. The maximum Gasteiger partial charge on any atom is 0.417 e. The highest BCUT2D eigenvalue weighted by Crippen LogP contribution is 2.39. The lowest BCUT2D eigenvalue weighted by atomic mass is 10.2. The standard InChI is InChI=1S/C13H8F3IOS/c14-13(15,16)10-2-1-3-11(12(10)19)18-9-6-4-8(17)5-7-9/h1-7,19H. The molecular formula is C13H8F3IOS. The Hall–Kier alpha value is -0.890. The van der Waals surface area contributed by atoms with Crippen LogP contribution in [-0.2, 0) is 6.18 Å². The molecule has 0 fully saturated rings. The zero-order valence-corrected chi connectivity index (χ0v) is 12.5. The smallest absolute Gasteiger partial charge is 0.417 e. The minimum absolute atomic E-state index is 0.0827. The fraction of sp³-hybridized carbons (Fsp3) is 0.0769. The van der Waals surface area contributed by atoms with Crippen LogP contribution in [0.1, 0.15) is 5.56 Å². The fourth-order valence-electron chi connectivity index (χ4n) is 1.46. The van der Waals surface area contributed by atoms with Gasteiger partial charge in [-0.15, -0.1) is 12.6 Å². The molecule has 0 aromatic heterocycles. The lowest BCUT2D eigenvalue weighted by Crippen LogP contribution is -2.06. The highest BCUT2D eigenvalue weighted by Gasteiger charge is 2.33. The Labute approximate surface area is 127 Å². The maximum atomic E-state index is 12.7. The van der Waals surface area contributed by atoms with Gasteiger partial charge in [-0.2, -0.15) is 13.2 Å². The summed E-state index contributed by atoms with van der Waals surface area (Å²) in [6, 6.07) is 10.7. The van der Waals surface area contributed by atoms with E-state index in [1.54, 1.807) is 12.1 Å². The monoisotopic (exact) mass is 396 g/mol. The molecule has 6 heteroatoms. The second-order valence-corrected chi connectivity index (χ2v) is 5.40. The predicted octanol–water partition coefficient (Wildman–Crippen LogP) is 5.39. The average molecular weight is 396 g/mol. The molecule has 0 aliphatic carbocycles. The van der Waals surface area contributed by atoms with Crippen LogP contribution in [0.25, 0.3) is 0 Å². The Kier molecular flexibility index (Phi) is 4.29. The first-order valence-corrected chi connectivity index (χ1v) is 6.73. The van der Waals surface area contributed by atoms with Gasteiger partial charge in [0.05, 0.1) is 10.5 Å². The molecule has 0 atom stereocenters. The zero-order chi connectivity index (χ0) is 14.0. The van der Waals surface area contributed by atoms with E-state index in [0.717, 1.165) is 9.64 Å². The number of thiol groups is 1. The molecule has 0 spiro atoms. The van der Waals surface area contributed by atoms with Gasteiger partial charge in [0, 0.05) is 3.57 Å². The van der Waals surface area contributed by atoms with Crippen molar-refractivity contribution in [3.8, 4) is 11.5 Å². The van der Waals surface area contributed by atoms with E-state index in [-0.39, 0.29) is 10.6 Å². The van der Waals surface area contributed by atoms with E-state index in [9.17, 15) is 13.2 Å². The number of rotatable bonds is 2. The number of ether oxygens (including phenoxy) is 1. The van der Waals surface area contributed by atoms with E-state index >= 15 is 0 Å². The van der Waals surface area contributed by atoms with Crippen LogP contribution in [0.15, 0.2) is 47.4 Å². The third kappa shape index (κ3) is 3.56. The van der Waals surface area contributed by atoms with Crippen LogP contribution in [0.5, 0.6) is 11.5 Å². The molecule has 0 N–H and O–H groups in total. The number of halogens is 4. The van der Waals surface area contributed by atoms with Gasteiger partial charge >= 0.3 is 6.18 Å². The Balaban J connectivity index is 2.33. The molecule has 0 saturated carbocycles. The Morgan fingerprint density at radius 3 is 2.21 bits per heavy atom. The number of hydrogen-bond acceptors (Lipinski definition) is 2. The van der Waals surface area contributed by atoms with E-state index in [2.05, 4.69) is 35.2 Å². The summed E-state index contributed by atoms with van der Waals surface area (Å²) in [5.74, 6) is 0.550. The summed E-state index contributed by atoms with van der Waals surface area (Å²) in [5, 5.41) is 0. The second-order valence-electron chi connectivity index (χ2n) is 3.71. The van der Waals surface area contributed by atoms with Gasteiger partial charge in [-0.1, -0.05) is 6.07 Å². The first-order chi connectivity index (χ1) is 8.88. The lowest BCUT2D eigenvalue weighted by Gasteiger charge is -2.13. The van der Waals surface area contributed by atoms with Crippen LogP contribution in [0, 0.1) is 3.57 Å². The van der Waals surface area contributed by atoms with Crippen molar-refractivity contribution in [1.82, 2.24) is 0 Å². The van der Waals surface area contributed by atoms with Crippen LogP contribution in [-0.4, -0.2) is 0 Å². The van der Waals surface area contributed by atoms with Crippen molar-refractivity contribution in [2.24, 2.45) is 0 Å². The molecule has 0 aliphatic rings. The van der Waals surface area contributed by atoms with Gasteiger partial charge in [0.1, 0.15) is 11.5 Å². The van der Waals surface area contributed by atoms with Crippen LogP contribution >= 0.6 is 35.2 Å². The molecule has 0 radical (unpaired) electrons. The number of benzene rings is 2. The van der Waals surface area contributed by atoms with E-state index in [4.69, 9.17) is 4.74 Å². The topological polar surface area (TPSA) is 9.23 Å². The predicted molar refractivity (Wildman–Crippen MR) is 77.9 cm³/mol. The highest BCUT2D eigenvalue weighted by atomic mass is 127. The summed E-state index contributed by atoms with van der Waals surface area (Å²) in [4.78, 5) is -0.214. The number of alkyl halides is 3. The van der Waals surface area contributed by atoms with Gasteiger partial charge in [0.2, 0.25) is 0 Å². The molecule has 2 aromatic rings. The minimum atomic E-state index is -4.44. The number of hydrogen-bond donors (Lipinski definition) is 1. The van der Waals surface area contributed by atoms with Crippen LogP contribution in [0.4, 0.5) is 13.2 Å². The molecule has 2 rings (SSSR count). The summed E-state index contributed by atoms with van der Waals surface area (Å²) >= 11 is 6.04. The van der Waals surface area contributed by atoms with Crippen molar-refractivity contribution in [1.29, 1.82) is 0 Å². The third-order valence-corrected chi connectivity index (χ3v) is 3.53. The van der Waals surface area contributed by atoms with E-state index in [1.165, 1.54) is 12.1 Å². The van der Waals surface area contributed by atoms with E-state index < -0.39 is 11.7 Å². The van der Waals surface area contributed by atoms with Gasteiger partial charge in [0.25, 0.3) is 0 Å². The van der Waals surface area contributed by atoms with Crippen LogP contribution < -0.4 is 4.74 Å². The normalized spacial score (nSPS) is 11.4. The van der Waals surface area contributed by atoms with E-state index in [0.29, 0.717) is 5.75 Å². The van der Waals surface area contributed by atoms with Crippen molar-refractivity contribution in [3.63, 3.8) is 0 Å². The molecule has 2 aromatic carbocycles. The molecule has 0 unspecified atom stereocenters. The SMILES string of the molecule is FC(F)(F)c1cccc(Oc2ccc(I)cc2)c1S. The summed E-state index contributed by atoms with van der Waals surface area (Å²) in [6.45, 7) is 0. The van der Waals surface area contributed by atoms with Gasteiger partial charge in [-0.3, -0.25) is 0 Å². The minimum Gasteiger partial charge on any atom is -0.456 e. The van der Waals surface area contributed by atoms with Crippen molar-refractivity contribution in [3.05, 3.63) is 51.6 Å². The van der Waals surface area contributed by atoms with Gasteiger partial charge < -0.3 is 4.74 Å². The van der Waals surface area contributed by atoms with Crippen LogP contribution in [0.2, 0.25) is 0 Å². The van der Waals surface area contributed by atoms with Crippen molar-refractivity contribution in [2.45, 2.75) is 11.1 Å². The summed E-state index contributed by atoms with van der Waals surface area (Å²) in [5.41, 5.74) is -0.807. The second kappa shape index (κ2) is 5.62. The summed E-state index contributed by atoms with van der Waals surface area (Å²) in [7, 11) is 0. The molecule has 0 aliphatic heterocycles. The van der Waals surface area contributed by atoms with Crippen molar-refractivity contribution < 1.29 is 17.9 Å². The molecule has 0 bridgehead atoms. The lowest BCUT2D eigenvalue weighted by molar-refractivity contribution is -0.139. The quantitative estimate of drug-likeness (QED) is 0.529. The largest absolute Gasteiger partial charge is 0.456 e. The van der Waals surface area contributed by atoms with Crippen molar-refractivity contribution >= 4 is 35.2 Å². The summed E-state index contributed by atoms with van der Waals surface area (Å²) in [6.07, 6.45) is -4.44. The van der Waals surface area contributed by atoms with Crippen molar-refractivity contribution in [2.75, 3.05) is 0 Å². The van der Waals surface area contributed by atoms with Gasteiger partial charge in [0.15, 0.2) is 0 Å². The first kappa shape index (κ1) is 14.5. The average Bonchev–Trinajstić information content (AvgIpc) is 2.33. The van der Waals surface area contributed by atoms with Crippen LogP contribution in [0.3, 0.4) is 0 Å². The van der Waals surface area contributed by atoms with Gasteiger partial charge in [-0.05, 0) is 59.0 Å². The Morgan fingerprint density at radius 1 is 1.00 bits per heavy atom. The third-order valence-electron chi connectivity index (χ3n) is 2.35. The molecule has 0 amide bonds. The molecule has 0 saturated heterocycles. The molecule has 100 valence electrons. The zero-order valence-electron chi connectivity index (χ0n) is 9.41.